The molecule has 11 nitrogen and oxygen atoms in total. The number of nitrogens with one attached hydrogen (secondary N) is 2. The molecular formula is C26H22F5N5O6S. The zero-order chi connectivity index (χ0) is 31.5. The van der Waals surface area contributed by atoms with E-state index in [2.05, 4.69) is 24.9 Å². The Balaban J connectivity index is 1.71. The number of alkyl halides is 3. The van der Waals surface area contributed by atoms with Crippen LogP contribution in [0.1, 0.15) is 5.56 Å². The summed E-state index contributed by atoms with van der Waals surface area (Å²) in [6.45, 7) is -0.187. The molecule has 0 aliphatic carbocycles. The van der Waals surface area contributed by atoms with Crippen molar-refractivity contribution < 1.29 is 49.2 Å². The van der Waals surface area contributed by atoms with Crippen molar-refractivity contribution in [2.24, 2.45) is 0 Å². The first-order valence-electron chi connectivity index (χ1n) is 12.0. The fraction of sp³-hybridized carbons (Fsp3) is 0.192. The second kappa shape index (κ2) is 12.1. The summed E-state index contributed by atoms with van der Waals surface area (Å²) in [5, 5.41) is 5.93. The van der Waals surface area contributed by atoms with Crippen LogP contribution in [0.5, 0.6) is 11.5 Å². The third-order valence-electron chi connectivity index (χ3n) is 5.80. The van der Waals surface area contributed by atoms with Crippen LogP contribution in [0.4, 0.5) is 44.1 Å². The lowest BCUT2D eigenvalue weighted by molar-refractivity contribution is -0.153. The molecule has 0 saturated carbocycles. The maximum Gasteiger partial charge on any atom is 0.422 e. The average molecular weight is 628 g/mol. The van der Waals surface area contributed by atoms with Crippen LogP contribution in [0.15, 0.2) is 64.3 Å². The number of hydrogen-bond donors (Lipinski definition) is 2. The van der Waals surface area contributed by atoms with Gasteiger partial charge in [-0.1, -0.05) is 11.2 Å². The lowest BCUT2D eigenvalue weighted by atomic mass is 10.0. The summed E-state index contributed by atoms with van der Waals surface area (Å²) < 4.78 is 110. The van der Waals surface area contributed by atoms with Crippen molar-refractivity contribution in [3.63, 3.8) is 0 Å². The topological polar surface area (TPSA) is 136 Å². The van der Waals surface area contributed by atoms with E-state index >= 15 is 4.39 Å². The highest BCUT2D eigenvalue weighted by atomic mass is 32.2. The van der Waals surface area contributed by atoms with E-state index in [1.165, 1.54) is 26.5 Å². The second-order valence-corrected chi connectivity index (χ2v) is 10.4. The molecule has 2 aromatic heterocycles. The normalized spacial score (nSPS) is 11.6. The van der Waals surface area contributed by atoms with Crippen molar-refractivity contribution >= 4 is 33.4 Å². The van der Waals surface area contributed by atoms with Crippen molar-refractivity contribution in [2.45, 2.75) is 18.0 Å². The molecule has 0 atom stereocenters. The van der Waals surface area contributed by atoms with Crippen molar-refractivity contribution in [3.8, 4) is 22.6 Å². The summed E-state index contributed by atoms with van der Waals surface area (Å²) in [4.78, 5) is 17.6. The van der Waals surface area contributed by atoms with Crippen LogP contribution in [0.2, 0.25) is 0 Å². The first-order chi connectivity index (χ1) is 20.2. The quantitative estimate of drug-likeness (QED) is 0.231. The number of halogens is 5. The minimum absolute atomic E-state index is 0.0310. The van der Waals surface area contributed by atoms with Gasteiger partial charge < -0.3 is 19.3 Å². The molecule has 0 unspecified atom stereocenters. The number of rotatable bonds is 9. The van der Waals surface area contributed by atoms with E-state index in [1.807, 2.05) is 0 Å². The number of ether oxygens (including phenoxy) is 2. The number of anilines is 3. The summed E-state index contributed by atoms with van der Waals surface area (Å²) in [6, 6.07) is 6.40. The Kier molecular flexibility index (Phi) is 8.75. The van der Waals surface area contributed by atoms with Gasteiger partial charge in [0.15, 0.2) is 24.0 Å². The van der Waals surface area contributed by atoms with Crippen LogP contribution < -0.4 is 24.4 Å². The monoisotopic (exact) mass is 627 g/mol. The highest BCUT2D eigenvalue weighted by Gasteiger charge is 2.30. The van der Waals surface area contributed by atoms with Crippen molar-refractivity contribution in [1.29, 1.82) is 0 Å². The third-order valence-corrected chi connectivity index (χ3v) is 7.12. The molecular weight excluding hydrogens is 605 g/mol. The van der Waals surface area contributed by atoms with E-state index in [0.717, 1.165) is 47.5 Å². The molecule has 0 spiro atoms. The number of aromatic nitrogens is 2. The SMILES string of the molecule is CNC(=O)N(c1ccc(S(=O)(=O)Nc2nocc2C)cn1)c1cc(F)c(-c2ccc(F)c(OCC(F)(F)F)c2)cc1OC. The molecule has 17 heteroatoms. The van der Waals surface area contributed by atoms with Gasteiger partial charge in [-0.2, -0.15) is 13.2 Å². The van der Waals surface area contributed by atoms with Gasteiger partial charge in [-0.25, -0.2) is 31.9 Å². The van der Waals surface area contributed by atoms with Crippen molar-refractivity contribution in [3.05, 3.63) is 72.1 Å². The molecule has 228 valence electrons. The van der Waals surface area contributed by atoms with Gasteiger partial charge in [-0.3, -0.25) is 4.72 Å². The van der Waals surface area contributed by atoms with Crippen LogP contribution in [0.3, 0.4) is 0 Å². The Hall–Kier alpha value is -4.93. The van der Waals surface area contributed by atoms with E-state index in [1.54, 1.807) is 6.92 Å². The molecule has 0 aliphatic rings. The number of aryl methyl sites for hydroxylation is 1. The van der Waals surface area contributed by atoms with Gasteiger partial charge in [0, 0.05) is 30.4 Å². The molecule has 43 heavy (non-hydrogen) atoms. The molecule has 0 saturated heterocycles. The second-order valence-electron chi connectivity index (χ2n) is 8.75. The molecule has 0 radical (unpaired) electrons. The average Bonchev–Trinajstić information content (AvgIpc) is 3.35. The first kappa shape index (κ1) is 31.0. The number of pyridine rings is 1. The zero-order valence-electron chi connectivity index (χ0n) is 22.5. The highest BCUT2D eigenvalue weighted by molar-refractivity contribution is 7.92. The molecule has 2 aromatic carbocycles. The Morgan fingerprint density at radius 3 is 2.40 bits per heavy atom. The number of carbonyl (C=O) groups excluding carboxylic acids is 1. The molecule has 0 fully saturated rings. The number of urea groups is 1. The summed E-state index contributed by atoms with van der Waals surface area (Å²) in [5.74, 6) is -3.07. The van der Waals surface area contributed by atoms with Crippen LogP contribution in [0.25, 0.3) is 11.1 Å². The first-order valence-corrected chi connectivity index (χ1v) is 13.5. The Bertz CT molecular complexity index is 1750. The molecule has 2 N–H and O–H groups in total. The predicted molar refractivity (Wildman–Crippen MR) is 143 cm³/mol. The summed E-state index contributed by atoms with van der Waals surface area (Å²) in [5.41, 5.74) is 0.00770. The number of methoxy groups -OCH3 is 1. The number of benzene rings is 2. The third kappa shape index (κ3) is 6.94. The summed E-state index contributed by atoms with van der Waals surface area (Å²) >= 11 is 0. The molecule has 4 rings (SSSR count). The van der Waals surface area contributed by atoms with Gasteiger partial charge >= 0.3 is 12.2 Å². The fourth-order valence-electron chi connectivity index (χ4n) is 3.73. The smallest absolute Gasteiger partial charge is 0.422 e. The van der Waals surface area contributed by atoms with Gasteiger partial charge in [-0.15, -0.1) is 0 Å². The maximum absolute atomic E-state index is 15.5. The highest BCUT2D eigenvalue weighted by Crippen LogP contribution is 2.39. The van der Waals surface area contributed by atoms with E-state index in [-0.39, 0.29) is 39.1 Å². The van der Waals surface area contributed by atoms with E-state index in [4.69, 9.17) is 9.26 Å². The lowest BCUT2D eigenvalue weighted by Crippen LogP contribution is -2.35. The molecule has 0 bridgehead atoms. The van der Waals surface area contributed by atoms with Crippen LogP contribution in [0, 0.1) is 18.6 Å². The number of amides is 2. The molecule has 2 heterocycles. The van der Waals surface area contributed by atoms with Gasteiger partial charge in [0.2, 0.25) is 0 Å². The van der Waals surface area contributed by atoms with Crippen LogP contribution in [-0.4, -0.2) is 51.5 Å². The van der Waals surface area contributed by atoms with E-state index in [9.17, 15) is 30.8 Å². The van der Waals surface area contributed by atoms with Crippen LogP contribution >= 0.6 is 0 Å². The molecule has 2 amide bonds. The van der Waals surface area contributed by atoms with E-state index < -0.39 is 46.2 Å². The van der Waals surface area contributed by atoms with Crippen molar-refractivity contribution in [2.75, 3.05) is 30.4 Å². The minimum atomic E-state index is -4.73. The van der Waals surface area contributed by atoms with Crippen LogP contribution in [-0.2, 0) is 10.0 Å². The van der Waals surface area contributed by atoms with Crippen molar-refractivity contribution in [1.82, 2.24) is 15.5 Å². The standard InChI is InChI=1S/C26H22F5N5O6S/c1-14-12-42-34-24(14)35-43(38,39)16-5-7-23(33-11-16)36(25(37)32-2)20-10-19(28)17(9-22(20)40-3)15-4-6-18(27)21(8-15)41-13-26(29,30)31/h4-12H,13H2,1-3H3,(H,32,37)(H,34,35). The largest absolute Gasteiger partial charge is 0.495 e. The van der Waals surface area contributed by atoms with Gasteiger partial charge in [-0.05, 0) is 42.8 Å². The fourth-order valence-corrected chi connectivity index (χ4v) is 4.74. The Labute approximate surface area is 241 Å². The predicted octanol–water partition coefficient (Wildman–Crippen LogP) is 5.55. The maximum atomic E-state index is 15.5. The molecule has 4 aromatic rings. The minimum Gasteiger partial charge on any atom is -0.495 e. The number of sulfonamides is 1. The number of nitrogens with zero attached hydrogens (tertiary/aromatic N) is 3. The van der Waals surface area contributed by atoms with Gasteiger partial charge in [0.05, 0.1) is 12.8 Å². The zero-order valence-corrected chi connectivity index (χ0v) is 23.3. The molecule has 0 aliphatic heterocycles. The Morgan fingerprint density at radius 1 is 1.07 bits per heavy atom. The Morgan fingerprint density at radius 2 is 1.81 bits per heavy atom. The van der Waals surface area contributed by atoms with Gasteiger partial charge in [0.1, 0.15) is 28.5 Å². The van der Waals surface area contributed by atoms with E-state index in [0.29, 0.717) is 5.56 Å². The summed E-state index contributed by atoms with van der Waals surface area (Å²) in [7, 11) is -1.65. The number of hydrogen-bond acceptors (Lipinski definition) is 8. The van der Waals surface area contributed by atoms with Gasteiger partial charge in [0.25, 0.3) is 10.0 Å². The lowest BCUT2D eigenvalue weighted by Gasteiger charge is -2.24. The summed E-state index contributed by atoms with van der Waals surface area (Å²) in [6.07, 6.45) is -2.53. The number of carbonyl (C=O) groups is 1.